The standard InChI is InChI=1S/C22H24N2O6S/c1-4-7-19-14(2)24(21(30-19)22(26)27)17-12-10-16(11-13-17)18-8-5-6-9-20(18)31(28,29)23-15(3)25/h5-6,8-13,21H,4,7H2,1-3H3,(H,23,25)(H,26,27). The molecule has 1 unspecified atom stereocenters. The minimum absolute atomic E-state index is 0.0211. The normalized spacial score (nSPS) is 16.2. The number of benzene rings is 2. The molecule has 2 aromatic carbocycles. The summed E-state index contributed by atoms with van der Waals surface area (Å²) < 4.78 is 32.7. The molecule has 1 aliphatic rings. The Morgan fingerprint density at radius 1 is 1.13 bits per heavy atom. The molecule has 1 atom stereocenters. The average Bonchev–Trinajstić information content (AvgIpc) is 3.04. The van der Waals surface area contributed by atoms with Crippen molar-refractivity contribution in [1.82, 2.24) is 4.72 Å². The number of carboxylic acids is 1. The fourth-order valence-corrected chi connectivity index (χ4v) is 4.75. The van der Waals surface area contributed by atoms with Gasteiger partial charge in [0, 0.05) is 24.6 Å². The van der Waals surface area contributed by atoms with E-state index in [4.69, 9.17) is 4.74 Å². The first-order valence-corrected chi connectivity index (χ1v) is 11.2. The van der Waals surface area contributed by atoms with Crippen molar-refractivity contribution in [2.75, 3.05) is 4.90 Å². The van der Waals surface area contributed by atoms with Crippen LogP contribution < -0.4 is 9.62 Å². The van der Waals surface area contributed by atoms with E-state index in [1.54, 1.807) is 47.4 Å². The summed E-state index contributed by atoms with van der Waals surface area (Å²) in [6.45, 7) is 4.94. The topological polar surface area (TPSA) is 113 Å². The Bertz CT molecular complexity index is 1140. The summed E-state index contributed by atoms with van der Waals surface area (Å²) in [5.41, 5.74) is 2.38. The minimum atomic E-state index is -4.02. The van der Waals surface area contributed by atoms with E-state index in [9.17, 15) is 23.1 Å². The Balaban J connectivity index is 2.00. The molecule has 0 saturated carbocycles. The first kappa shape index (κ1) is 22.4. The fraction of sp³-hybridized carbons (Fsp3) is 0.273. The number of carbonyl (C=O) groups excluding carboxylic acids is 1. The molecular formula is C22H24N2O6S. The van der Waals surface area contributed by atoms with E-state index in [0.29, 0.717) is 29.0 Å². The van der Waals surface area contributed by atoms with Crippen LogP contribution in [0.15, 0.2) is 64.9 Å². The van der Waals surface area contributed by atoms with Gasteiger partial charge in [0.15, 0.2) is 0 Å². The third-order valence-corrected chi connectivity index (χ3v) is 6.34. The zero-order valence-electron chi connectivity index (χ0n) is 17.5. The number of hydrogen-bond acceptors (Lipinski definition) is 6. The second-order valence-corrected chi connectivity index (χ2v) is 8.79. The Morgan fingerprint density at radius 2 is 1.77 bits per heavy atom. The van der Waals surface area contributed by atoms with Gasteiger partial charge in [0.25, 0.3) is 16.3 Å². The number of rotatable bonds is 7. The SMILES string of the molecule is CCCC1=C(C)N(c2ccc(-c3ccccc3S(=O)(=O)NC(C)=O)cc2)C(C(=O)O)O1. The number of aliphatic carboxylic acids is 1. The fourth-order valence-electron chi connectivity index (χ4n) is 3.52. The number of carboxylic acid groups (broad SMARTS) is 1. The van der Waals surface area contributed by atoms with E-state index in [1.165, 1.54) is 6.07 Å². The van der Waals surface area contributed by atoms with Crippen LogP contribution in [0.25, 0.3) is 11.1 Å². The summed E-state index contributed by atoms with van der Waals surface area (Å²) in [5, 5.41) is 9.58. The predicted molar refractivity (Wildman–Crippen MR) is 115 cm³/mol. The van der Waals surface area contributed by atoms with E-state index in [-0.39, 0.29) is 4.90 Å². The molecule has 0 radical (unpaired) electrons. The number of carbonyl (C=O) groups is 2. The molecule has 3 rings (SSSR count). The van der Waals surface area contributed by atoms with Crippen LogP contribution in [0, 0.1) is 0 Å². The van der Waals surface area contributed by atoms with Gasteiger partial charge in [-0.15, -0.1) is 0 Å². The lowest BCUT2D eigenvalue weighted by molar-refractivity contribution is -0.146. The van der Waals surface area contributed by atoms with E-state index >= 15 is 0 Å². The molecule has 1 heterocycles. The van der Waals surface area contributed by atoms with Gasteiger partial charge in [-0.1, -0.05) is 37.3 Å². The largest absolute Gasteiger partial charge is 0.477 e. The number of ether oxygens (including phenoxy) is 1. The monoisotopic (exact) mass is 444 g/mol. The van der Waals surface area contributed by atoms with Crippen molar-refractivity contribution in [3.63, 3.8) is 0 Å². The highest BCUT2D eigenvalue weighted by atomic mass is 32.2. The lowest BCUT2D eigenvalue weighted by Crippen LogP contribution is -2.37. The second kappa shape index (κ2) is 8.81. The van der Waals surface area contributed by atoms with Gasteiger partial charge >= 0.3 is 5.97 Å². The summed E-state index contributed by atoms with van der Waals surface area (Å²) in [5.74, 6) is -1.13. The molecule has 0 aromatic heterocycles. The first-order valence-electron chi connectivity index (χ1n) is 9.77. The molecule has 0 aliphatic carbocycles. The number of nitrogens with one attached hydrogen (secondary N) is 1. The number of amides is 1. The molecule has 164 valence electrons. The number of allylic oxidation sites excluding steroid dienone is 2. The van der Waals surface area contributed by atoms with Gasteiger partial charge in [-0.25, -0.2) is 17.9 Å². The Kier molecular flexibility index (Phi) is 6.35. The lowest BCUT2D eigenvalue weighted by Gasteiger charge is -2.24. The van der Waals surface area contributed by atoms with Gasteiger partial charge in [0.05, 0.1) is 10.6 Å². The van der Waals surface area contributed by atoms with Crippen LogP contribution in [0.1, 0.15) is 33.6 Å². The van der Waals surface area contributed by atoms with Crippen molar-refractivity contribution in [3.8, 4) is 11.1 Å². The quantitative estimate of drug-likeness (QED) is 0.672. The predicted octanol–water partition coefficient (Wildman–Crippen LogP) is 3.46. The number of nitrogens with zero attached hydrogens (tertiary/aromatic N) is 1. The molecular weight excluding hydrogens is 420 g/mol. The van der Waals surface area contributed by atoms with Crippen LogP contribution in [0.2, 0.25) is 0 Å². The van der Waals surface area contributed by atoms with E-state index in [1.807, 2.05) is 18.6 Å². The molecule has 2 aromatic rings. The molecule has 0 saturated heterocycles. The van der Waals surface area contributed by atoms with Gasteiger partial charge in [0.2, 0.25) is 5.91 Å². The Labute approximate surface area is 181 Å². The summed E-state index contributed by atoms with van der Waals surface area (Å²) in [6, 6.07) is 13.2. The second-order valence-electron chi connectivity index (χ2n) is 7.14. The molecule has 8 nitrogen and oxygen atoms in total. The van der Waals surface area contributed by atoms with E-state index in [2.05, 4.69) is 0 Å². The summed E-state index contributed by atoms with van der Waals surface area (Å²) in [6.07, 6.45) is 0.309. The van der Waals surface area contributed by atoms with Crippen LogP contribution in [0.5, 0.6) is 0 Å². The van der Waals surface area contributed by atoms with Crippen molar-refractivity contribution < 1.29 is 27.9 Å². The highest BCUT2D eigenvalue weighted by molar-refractivity contribution is 7.90. The molecule has 0 bridgehead atoms. The average molecular weight is 445 g/mol. The Hall–Kier alpha value is -3.33. The molecule has 1 amide bonds. The highest BCUT2D eigenvalue weighted by Crippen LogP contribution is 2.35. The van der Waals surface area contributed by atoms with Crippen molar-refractivity contribution in [3.05, 3.63) is 60.0 Å². The van der Waals surface area contributed by atoms with E-state index in [0.717, 1.165) is 19.0 Å². The first-order chi connectivity index (χ1) is 14.7. The van der Waals surface area contributed by atoms with Gasteiger partial charge in [-0.3, -0.25) is 9.69 Å². The summed E-state index contributed by atoms with van der Waals surface area (Å²) in [7, 11) is -4.02. The van der Waals surface area contributed by atoms with Crippen LogP contribution >= 0.6 is 0 Å². The zero-order valence-corrected chi connectivity index (χ0v) is 18.3. The molecule has 2 N–H and O–H groups in total. The van der Waals surface area contributed by atoms with Gasteiger partial charge in [-0.05, 0) is 37.1 Å². The summed E-state index contributed by atoms with van der Waals surface area (Å²) >= 11 is 0. The number of anilines is 1. The van der Waals surface area contributed by atoms with Crippen LogP contribution in [0.4, 0.5) is 5.69 Å². The maximum absolute atomic E-state index is 12.5. The number of hydrogen-bond donors (Lipinski definition) is 2. The highest BCUT2D eigenvalue weighted by Gasteiger charge is 2.37. The summed E-state index contributed by atoms with van der Waals surface area (Å²) in [4.78, 5) is 24.6. The molecule has 0 spiro atoms. The number of sulfonamides is 1. The van der Waals surface area contributed by atoms with Crippen LogP contribution in [-0.4, -0.2) is 31.6 Å². The molecule has 31 heavy (non-hydrogen) atoms. The molecule has 1 aliphatic heterocycles. The minimum Gasteiger partial charge on any atom is -0.477 e. The van der Waals surface area contributed by atoms with Gasteiger partial charge < -0.3 is 9.84 Å². The van der Waals surface area contributed by atoms with Crippen molar-refractivity contribution in [2.45, 2.75) is 44.7 Å². The van der Waals surface area contributed by atoms with Crippen molar-refractivity contribution in [1.29, 1.82) is 0 Å². The van der Waals surface area contributed by atoms with E-state index < -0.39 is 28.1 Å². The molecule has 9 heteroatoms. The Morgan fingerprint density at radius 3 is 2.35 bits per heavy atom. The van der Waals surface area contributed by atoms with Crippen molar-refractivity contribution in [2.24, 2.45) is 0 Å². The third-order valence-electron chi connectivity index (χ3n) is 4.85. The third kappa shape index (κ3) is 4.56. The maximum Gasteiger partial charge on any atom is 0.367 e. The smallest absolute Gasteiger partial charge is 0.367 e. The zero-order chi connectivity index (χ0) is 22.8. The van der Waals surface area contributed by atoms with Gasteiger partial charge in [0.1, 0.15) is 5.76 Å². The maximum atomic E-state index is 12.5. The van der Waals surface area contributed by atoms with Crippen molar-refractivity contribution >= 4 is 27.6 Å². The lowest BCUT2D eigenvalue weighted by atomic mass is 10.0. The molecule has 0 fully saturated rings. The van der Waals surface area contributed by atoms with Gasteiger partial charge in [-0.2, -0.15) is 0 Å². The van der Waals surface area contributed by atoms with Crippen LogP contribution in [-0.2, 0) is 24.3 Å². The van der Waals surface area contributed by atoms with Crippen LogP contribution in [0.3, 0.4) is 0 Å².